The van der Waals surface area contributed by atoms with Gasteiger partial charge < -0.3 is 19.7 Å². The SMILES string of the molecule is CC(C)(C)OC(=O)N1CCCC(C(=O)NCC2(CCc3ccccc3)c3ccccc3Oc3ccccc32)C1. The Morgan fingerprint density at radius 1 is 0.949 bits per heavy atom. The molecule has 0 bridgehead atoms. The number of likely N-dealkylation sites (tertiary alicyclic amines) is 1. The van der Waals surface area contributed by atoms with E-state index in [-0.39, 0.29) is 17.9 Å². The highest BCUT2D eigenvalue weighted by Gasteiger charge is 2.42. The number of benzene rings is 3. The Hall–Kier alpha value is -3.80. The van der Waals surface area contributed by atoms with Crippen LogP contribution in [0.25, 0.3) is 0 Å². The molecule has 5 rings (SSSR count). The van der Waals surface area contributed by atoms with Crippen molar-refractivity contribution in [2.45, 2.75) is 57.5 Å². The number of para-hydroxylation sites is 2. The van der Waals surface area contributed by atoms with Crippen molar-refractivity contribution in [3.05, 3.63) is 95.6 Å². The average molecular weight is 527 g/mol. The van der Waals surface area contributed by atoms with Crippen LogP contribution in [0.3, 0.4) is 0 Å². The molecule has 2 amide bonds. The minimum absolute atomic E-state index is 0.0243. The number of piperidine rings is 1. The number of ether oxygens (including phenoxy) is 2. The van der Waals surface area contributed by atoms with Crippen LogP contribution in [0.15, 0.2) is 78.9 Å². The summed E-state index contributed by atoms with van der Waals surface area (Å²) in [5.41, 5.74) is 2.39. The molecule has 0 aromatic heterocycles. The first-order chi connectivity index (χ1) is 18.7. The molecule has 1 unspecified atom stereocenters. The summed E-state index contributed by atoms with van der Waals surface area (Å²) in [4.78, 5) is 28.0. The Labute approximate surface area is 231 Å². The van der Waals surface area contributed by atoms with Crippen molar-refractivity contribution < 1.29 is 19.1 Å². The van der Waals surface area contributed by atoms with Crippen LogP contribution in [0.2, 0.25) is 0 Å². The predicted molar refractivity (Wildman–Crippen MR) is 152 cm³/mol. The van der Waals surface area contributed by atoms with Gasteiger partial charge in [0.25, 0.3) is 0 Å². The first-order valence-corrected chi connectivity index (χ1v) is 13.9. The maximum absolute atomic E-state index is 13.6. The fourth-order valence-corrected chi connectivity index (χ4v) is 5.78. The minimum Gasteiger partial charge on any atom is -0.457 e. The maximum atomic E-state index is 13.6. The number of nitrogens with zero attached hydrogens (tertiary/aromatic N) is 1. The van der Waals surface area contributed by atoms with Crippen LogP contribution in [0, 0.1) is 5.92 Å². The molecule has 0 aliphatic carbocycles. The largest absolute Gasteiger partial charge is 0.457 e. The molecule has 3 aromatic rings. The van der Waals surface area contributed by atoms with Crippen molar-refractivity contribution in [2.24, 2.45) is 5.92 Å². The molecule has 2 aliphatic rings. The summed E-state index contributed by atoms with van der Waals surface area (Å²) in [6.07, 6.45) is 2.83. The lowest BCUT2D eigenvalue weighted by Crippen LogP contribution is -2.50. The molecule has 6 heteroatoms. The predicted octanol–water partition coefficient (Wildman–Crippen LogP) is 6.47. The van der Waals surface area contributed by atoms with Crippen molar-refractivity contribution in [2.75, 3.05) is 19.6 Å². The third kappa shape index (κ3) is 5.95. The van der Waals surface area contributed by atoms with Crippen molar-refractivity contribution in [3.8, 4) is 11.5 Å². The van der Waals surface area contributed by atoms with E-state index in [0.29, 0.717) is 19.6 Å². The van der Waals surface area contributed by atoms with E-state index in [2.05, 4.69) is 41.7 Å². The number of carbonyl (C=O) groups is 2. The van der Waals surface area contributed by atoms with Crippen LogP contribution in [-0.2, 0) is 21.4 Å². The van der Waals surface area contributed by atoms with E-state index in [1.54, 1.807) is 4.90 Å². The molecule has 1 fully saturated rings. The lowest BCUT2D eigenvalue weighted by atomic mass is 9.68. The normalized spacial score (nSPS) is 17.8. The van der Waals surface area contributed by atoms with Crippen molar-refractivity contribution >= 4 is 12.0 Å². The second kappa shape index (κ2) is 11.1. The summed E-state index contributed by atoms with van der Waals surface area (Å²) in [6, 6.07) is 26.8. The second-order valence-corrected chi connectivity index (χ2v) is 11.6. The fraction of sp³-hybridized carbons (Fsp3) is 0.394. The zero-order valence-electron chi connectivity index (χ0n) is 23.1. The van der Waals surface area contributed by atoms with Crippen LogP contribution in [0.1, 0.15) is 56.7 Å². The lowest BCUT2D eigenvalue weighted by Gasteiger charge is -2.41. The summed E-state index contributed by atoms with van der Waals surface area (Å²) >= 11 is 0. The lowest BCUT2D eigenvalue weighted by molar-refractivity contribution is -0.126. The van der Waals surface area contributed by atoms with E-state index in [1.165, 1.54) is 5.56 Å². The molecule has 1 N–H and O–H groups in total. The molecular formula is C33H38N2O4. The van der Waals surface area contributed by atoms with Gasteiger partial charge in [-0.2, -0.15) is 0 Å². The van der Waals surface area contributed by atoms with E-state index >= 15 is 0 Å². The van der Waals surface area contributed by atoms with Crippen LogP contribution >= 0.6 is 0 Å². The van der Waals surface area contributed by atoms with Gasteiger partial charge in [0.2, 0.25) is 5.91 Å². The molecule has 2 aliphatic heterocycles. The summed E-state index contributed by atoms with van der Waals surface area (Å²) in [7, 11) is 0. The van der Waals surface area contributed by atoms with Gasteiger partial charge >= 0.3 is 6.09 Å². The Balaban J connectivity index is 1.40. The number of fused-ring (bicyclic) bond motifs is 2. The highest BCUT2D eigenvalue weighted by Crippen LogP contribution is 2.50. The zero-order valence-corrected chi connectivity index (χ0v) is 23.1. The smallest absolute Gasteiger partial charge is 0.410 e. The Kier molecular flexibility index (Phi) is 7.65. The van der Waals surface area contributed by atoms with Gasteiger partial charge in [0.1, 0.15) is 17.1 Å². The average Bonchev–Trinajstić information content (AvgIpc) is 2.94. The van der Waals surface area contributed by atoms with Crippen LogP contribution < -0.4 is 10.1 Å². The molecule has 2 heterocycles. The van der Waals surface area contributed by atoms with Crippen LogP contribution in [-0.4, -0.2) is 42.1 Å². The molecule has 0 spiro atoms. The van der Waals surface area contributed by atoms with Gasteiger partial charge in [-0.3, -0.25) is 4.79 Å². The van der Waals surface area contributed by atoms with Gasteiger partial charge in [0.05, 0.1) is 5.92 Å². The minimum atomic E-state index is -0.568. The van der Waals surface area contributed by atoms with E-state index < -0.39 is 11.0 Å². The van der Waals surface area contributed by atoms with Crippen molar-refractivity contribution in [3.63, 3.8) is 0 Å². The fourth-order valence-electron chi connectivity index (χ4n) is 5.78. The van der Waals surface area contributed by atoms with Crippen molar-refractivity contribution in [1.82, 2.24) is 10.2 Å². The molecule has 6 nitrogen and oxygen atoms in total. The topological polar surface area (TPSA) is 67.9 Å². The standard InChI is InChI=1S/C33H38N2O4/c1-32(2,3)39-31(37)35-21-11-14-25(22-35)30(36)34-23-33(20-19-24-12-5-4-6-13-24)26-15-7-9-17-28(26)38-29-18-10-8-16-27(29)33/h4-10,12-13,15-18,25H,11,14,19-23H2,1-3H3,(H,34,36). The van der Waals surface area contributed by atoms with Gasteiger partial charge in [-0.1, -0.05) is 66.7 Å². The number of amides is 2. The van der Waals surface area contributed by atoms with Crippen LogP contribution in [0.5, 0.6) is 11.5 Å². The van der Waals surface area contributed by atoms with E-state index in [1.807, 2.05) is 63.2 Å². The number of rotatable bonds is 6. The van der Waals surface area contributed by atoms with Gasteiger partial charge in [-0.25, -0.2) is 4.79 Å². The summed E-state index contributed by atoms with van der Waals surface area (Å²) in [5.74, 6) is 1.35. The highest BCUT2D eigenvalue weighted by atomic mass is 16.6. The quantitative estimate of drug-likeness (QED) is 0.400. The molecule has 3 aromatic carbocycles. The molecular weight excluding hydrogens is 488 g/mol. The third-order valence-corrected chi connectivity index (χ3v) is 7.72. The summed E-state index contributed by atoms with van der Waals surface area (Å²) in [6.45, 7) is 7.00. The van der Waals surface area contributed by atoms with Crippen molar-refractivity contribution in [1.29, 1.82) is 0 Å². The number of hydrogen-bond acceptors (Lipinski definition) is 4. The van der Waals surface area contributed by atoms with Gasteiger partial charge in [-0.05, 0) is 64.2 Å². The maximum Gasteiger partial charge on any atom is 0.410 e. The number of nitrogens with one attached hydrogen (secondary N) is 1. The second-order valence-electron chi connectivity index (χ2n) is 11.6. The first-order valence-electron chi connectivity index (χ1n) is 13.9. The first kappa shape index (κ1) is 26.8. The van der Waals surface area contributed by atoms with E-state index in [4.69, 9.17) is 9.47 Å². The number of aryl methyl sites for hydroxylation is 1. The summed E-state index contributed by atoms with van der Waals surface area (Å²) in [5, 5.41) is 3.32. The molecule has 204 valence electrons. The number of hydrogen-bond donors (Lipinski definition) is 1. The van der Waals surface area contributed by atoms with E-state index in [0.717, 1.165) is 48.3 Å². The molecule has 1 atom stereocenters. The molecule has 0 radical (unpaired) electrons. The van der Waals surface area contributed by atoms with Gasteiger partial charge in [-0.15, -0.1) is 0 Å². The Morgan fingerprint density at radius 3 is 2.21 bits per heavy atom. The monoisotopic (exact) mass is 526 g/mol. The third-order valence-electron chi connectivity index (χ3n) is 7.72. The zero-order chi connectivity index (χ0) is 27.5. The van der Waals surface area contributed by atoms with Gasteiger partial charge in [0.15, 0.2) is 0 Å². The Morgan fingerprint density at radius 2 is 1.56 bits per heavy atom. The van der Waals surface area contributed by atoms with Gasteiger partial charge in [0, 0.05) is 36.2 Å². The molecule has 0 saturated carbocycles. The highest BCUT2D eigenvalue weighted by molar-refractivity contribution is 5.80. The number of carbonyl (C=O) groups excluding carboxylic acids is 2. The Bertz CT molecular complexity index is 1270. The van der Waals surface area contributed by atoms with Crippen LogP contribution in [0.4, 0.5) is 4.79 Å². The summed E-state index contributed by atoms with van der Waals surface area (Å²) < 4.78 is 11.9. The van der Waals surface area contributed by atoms with E-state index in [9.17, 15) is 9.59 Å². The molecule has 1 saturated heterocycles. The molecule has 39 heavy (non-hydrogen) atoms.